The first-order chi connectivity index (χ1) is 6.68. The van der Waals surface area contributed by atoms with Gasteiger partial charge in [0.1, 0.15) is 4.84 Å². The van der Waals surface area contributed by atoms with Gasteiger partial charge in [0, 0.05) is 17.1 Å². The predicted octanol–water partition coefficient (Wildman–Crippen LogP) is 4.36. The van der Waals surface area contributed by atoms with Crippen molar-refractivity contribution < 1.29 is 0 Å². The first kappa shape index (κ1) is 10.0. The zero-order valence-corrected chi connectivity index (χ0v) is 9.31. The number of para-hydroxylation sites is 1. The molecule has 0 fully saturated rings. The van der Waals surface area contributed by atoms with E-state index in [0.29, 0.717) is 5.02 Å². The van der Waals surface area contributed by atoms with E-state index in [1.807, 2.05) is 24.3 Å². The first-order valence-corrected chi connectivity index (χ1v) is 5.26. The summed E-state index contributed by atoms with van der Waals surface area (Å²) in [6.45, 7) is 0. The highest BCUT2D eigenvalue weighted by Gasteiger charge is 2.08. The molecule has 0 aliphatic rings. The number of pyridine rings is 1. The second-order valence-electron chi connectivity index (χ2n) is 2.87. The van der Waals surface area contributed by atoms with E-state index in [9.17, 15) is 0 Å². The van der Waals surface area contributed by atoms with Gasteiger partial charge in [0.25, 0.3) is 0 Å². The molecule has 2 aromatic rings. The van der Waals surface area contributed by atoms with Crippen LogP contribution in [-0.2, 0) is 0 Å². The van der Waals surface area contributed by atoms with Crippen molar-refractivity contribution in [2.45, 2.75) is 4.84 Å². The van der Waals surface area contributed by atoms with Gasteiger partial charge in [0.2, 0.25) is 0 Å². The lowest BCUT2D eigenvalue weighted by molar-refractivity contribution is 1.31. The van der Waals surface area contributed by atoms with E-state index in [1.54, 1.807) is 6.20 Å². The van der Waals surface area contributed by atoms with Crippen molar-refractivity contribution in [3.05, 3.63) is 41.0 Å². The monoisotopic (exact) mass is 245 g/mol. The van der Waals surface area contributed by atoms with Crippen molar-refractivity contribution >= 4 is 45.7 Å². The summed E-state index contributed by atoms with van der Waals surface area (Å²) >= 11 is 17.5. The number of benzene rings is 1. The fourth-order valence-electron chi connectivity index (χ4n) is 1.33. The Bertz CT molecular complexity index is 468. The largest absolute Gasteiger partial charge is 0.254 e. The van der Waals surface area contributed by atoms with Gasteiger partial charge in [-0.15, -0.1) is 0 Å². The average Bonchev–Trinajstić information content (AvgIpc) is 2.16. The topological polar surface area (TPSA) is 12.9 Å². The zero-order valence-electron chi connectivity index (χ0n) is 7.05. The van der Waals surface area contributed by atoms with Crippen LogP contribution in [0.25, 0.3) is 10.9 Å². The molecule has 0 unspecified atom stereocenters. The highest BCUT2D eigenvalue weighted by atomic mass is 35.5. The van der Waals surface area contributed by atoms with Crippen LogP contribution in [0.1, 0.15) is 10.4 Å². The molecular weight excluding hydrogens is 240 g/mol. The highest BCUT2D eigenvalue weighted by molar-refractivity contribution is 6.44. The summed E-state index contributed by atoms with van der Waals surface area (Å²) in [5.74, 6) is 0. The van der Waals surface area contributed by atoms with Crippen LogP contribution in [0.15, 0.2) is 30.5 Å². The van der Waals surface area contributed by atoms with Crippen molar-refractivity contribution in [1.82, 2.24) is 4.98 Å². The van der Waals surface area contributed by atoms with E-state index < -0.39 is 4.84 Å². The summed E-state index contributed by atoms with van der Waals surface area (Å²) in [7, 11) is 0. The van der Waals surface area contributed by atoms with Gasteiger partial charge < -0.3 is 0 Å². The molecule has 1 aromatic heterocycles. The highest BCUT2D eigenvalue weighted by Crippen LogP contribution is 2.30. The number of hydrogen-bond donors (Lipinski definition) is 0. The molecule has 0 amide bonds. The van der Waals surface area contributed by atoms with Crippen molar-refractivity contribution in [2.75, 3.05) is 0 Å². The molecule has 4 heteroatoms. The third-order valence-corrected chi connectivity index (χ3v) is 2.62. The molecule has 0 spiro atoms. The summed E-state index contributed by atoms with van der Waals surface area (Å²) < 4.78 is 0. The Morgan fingerprint density at radius 1 is 1.21 bits per heavy atom. The number of nitrogens with zero attached hydrogens (tertiary/aromatic N) is 1. The van der Waals surface area contributed by atoms with E-state index in [4.69, 9.17) is 34.8 Å². The summed E-state index contributed by atoms with van der Waals surface area (Å²) in [6, 6.07) is 7.50. The van der Waals surface area contributed by atoms with Crippen molar-refractivity contribution in [2.24, 2.45) is 0 Å². The van der Waals surface area contributed by atoms with Crippen LogP contribution in [-0.4, -0.2) is 4.98 Å². The Hall–Kier alpha value is -0.500. The summed E-state index contributed by atoms with van der Waals surface area (Å²) in [6.07, 6.45) is 1.59. The molecule has 14 heavy (non-hydrogen) atoms. The standard InChI is InChI=1S/C10H6Cl3N/c11-7-4-6-2-1-3-8(10(12)13)9(6)14-5-7/h1-5,10H. The molecular formula is C10H6Cl3N. The Morgan fingerprint density at radius 2 is 2.00 bits per heavy atom. The summed E-state index contributed by atoms with van der Waals surface area (Å²) in [4.78, 5) is 3.64. The second kappa shape index (κ2) is 3.93. The molecule has 72 valence electrons. The minimum absolute atomic E-state index is 0.563. The normalized spacial score (nSPS) is 11.1. The molecule has 0 saturated heterocycles. The smallest absolute Gasteiger partial charge is 0.134 e. The number of hydrogen-bond acceptors (Lipinski definition) is 1. The average molecular weight is 247 g/mol. The van der Waals surface area contributed by atoms with Gasteiger partial charge in [-0.25, -0.2) is 0 Å². The van der Waals surface area contributed by atoms with Crippen molar-refractivity contribution in [3.63, 3.8) is 0 Å². The van der Waals surface area contributed by atoms with Crippen molar-refractivity contribution in [3.8, 4) is 0 Å². The molecule has 0 saturated carbocycles. The van der Waals surface area contributed by atoms with Crippen molar-refractivity contribution in [1.29, 1.82) is 0 Å². The fraction of sp³-hybridized carbons (Fsp3) is 0.100. The molecule has 0 N–H and O–H groups in total. The van der Waals surface area contributed by atoms with Crippen LogP contribution in [0, 0.1) is 0 Å². The molecule has 1 aromatic carbocycles. The molecule has 1 nitrogen and oxygen atoms in total. The van der Waals surface area contributed by atoms with E-state index in [-0.39, 0.29) is 0 Å². The molecule has 0 bridgehead atoms. The minimum Gasteiger partial charge on any atom is -0.254 e. The number of rotatable bonds is 1. The lowest BCUT2D eigenvalue weighted by atomic mass is 10.1. The Balaban J connectivity index is 2.75. The van der Waals surface area contributed by atoms with Gasteiger partial charge >= 0.3 is 0 Å². The minimum atomic E-state index is -0.563. The maximum absolute atomic E-state index is 5.82. The molecule has 1 heterocycles. The number of alkyl halides is 2. The van der Waals surface area contributed by atoms with Crippen LogP contribution in [0.2, 0.25) is 5.02 Å². The van der Waals surface area contributed by atoms with E-state index in [0.717, 1.165) is 16.5 Å². The third-order valence-electron chi connectivity index (χ3n) is 1.94. The number of fused-ring (bicyclic) bond motifs is 1. The van der Waals surface area contributed by atoms with E-state index in [2.05, 4.69) is 4.98 Å². The molecule has 2 rings (SSSR count). The Kier molecular flexibility index (Phi) is 2.82. The molecule has 0 radical (unpaired) electrons. The first-order valence-electron chi connectivity index (χ1n) is 4.01. The van der Waals surface area contributed by atoms with Gasteiger partial charge in [0.05, 0.1) is 10.5 Å². The van der Waals surface area contributed by atoms with Crippen LogP contribution >= 0.6 is 34.8 Å². The van der Waals surface area contributed by atoms with Gasteiger partial charge in [-0.3, -0.25) is 4.98 Å². The van der Waals surface area contributed by atoms with Gasteiger partial charge in [-0.05, 0) is 6.07 Å². The van der Waals surface area contributed by atoms with Crippen LogP contribution < -0.4 is 0 Å². The molecule has 0 aliphatic heterocycles. The summed E-state index contributed by atoms with van der Waals surface area (Å²) in [5, 5.41) is 1.55. The fourth-order valence-corrected chi connectivity index (χ4v) is 1.85. The molecule has 0 atom stereocenters. The number of aromatic nitrogens is 1. The van der Waals surface area contributed by atoms with E-state index in [1.165, 1.54) is 0 Å². The van der Waals surface area contributed by atoms with Gasteiger partial charge in [-0.1, -0.05) is 53.0 Å². The SMILES string of the molecule is Clc1cnc2c(C(Cl)Cl)cccc2c1. The maximum Gasteiger partial charge on any atom is 0.134 e. The van der Waals surface area contributed by atoms with Crippen LogP contribution in [0.4, 0.5) is 0 Å². The zero-order chi connectivity index (χ0) is 10.1. The van der Waals surface area contributed by atoms with Crippen LogP contribution in [0.5, 0.6) is 0 Å². The van der Waals surface area contributed by atoms with Gasteiger partial charge in [0.15, 0.2) is 0 Å². The third kappa shape index (κ3) is 1.81. The maximum atomic E-state index is 5.82. The van der Waals surface area contributed by atoms with E-state index >= 15 is 0 Å². The lowest BCUT2D eigenvalue weighted by Crippen LogP contribution is -1.87. The van der Waals surface area contributed by atoms with Gasteiger partial charge in [-0.2, -0.15) is 0 Å². The summed E-state index contributed by atoms with van der Waals surface area (Å²) in [5.41, 5.74) is 1.61. The predicted molar refractivity (Wildman–Crippen MR) is 61.2 cm³/mol. The quantitative estimate of drug-likeness (QED) is 0.681. The Morgan fingerprint density at radius 3 is 2.71 bits per heavy atom. The van der Waals surface area contributed by atoms with Crippen LogP contribution in [0.3, 0.4) is 0 Å². The lowest BCUT2D eigenvalue weighted by Gasteiger charge is -2.05. The number of halogens is 3. The molecule has 0 aliphatic carbocycles. The Labute approximate surface area is 96.6 Å². The second-order valence-corrected chi connectivity index (χ2v) is 4.41.